The van der Waals surface area contributed by atoms with Gasteiger partial charge >= 0.3 is 0 Å². The van der Waals surface area contributed by atoms with Gasteiger partial charge in [0.05, 0.1) is 13.2 Å². The van der Waals surface area contributed by atoms with Gasteiger partial charge in [-0.15, -0.1) is 0 Å². The van der Waals surface area contributed by atoms with Crippen LogP contribution in [0.5, 0.6) is 0 Å². The minimum atomic E-state index is -1.81. The fraction of sp³-hybridized carbons (Fsp3) is 1.00. The lowest BCUT2D eigenvalue weighted by Gasteiger charge is -2.46. The molecular formula is C13H24O12. The van der Waals surface area contributed by atoms with Crippen molar-refractivity contribution in [3.63, 3.8) is 0 Å². The number of hydrogen-bond acceptors (Lipinski definition) is 12. The molecule has 0 bridgehead atoms. The highest BCUT2D eigenvalue weighted by molar-refractivity contribution is 4.95. The second kappa shape index (κ2) is 8.47. The van der Waals surface area contributed by atoms with E-state index in [2.05, 4.69) is 0 Å². The molecule has 0 amide bonds. The molecule has 0 saturated carbocycles. The molecule has 148 valence electrons. The van der Waals surface area contributed by atoms with E-state index in [0.717, 1.165) is 0 Å². The lowest BCUT2D eigenvalue weighted by molar-refractivity contribution is -0.359. The molecule has 11 atom stereocenters. The van der Waals surface area contributed by atoms with Crippen LogP contribution in [-0.4, -0.2) is 127 Å². The Kier molecular flexibility index (Phi) is 7.06. The third-order valence-corrected chi connectivity index (χ3v) is 4.30. The highest BCUT2D eigenvalue weighted by atomic mass is 16.7. The summed E-state index contributed by atoms with van der Waals surface area (Å²) >= 11 is 0. The van der Waals surface area contributed by atoms with Crippen LogP contribution >= 0.6 is 0 Å². The van der Waals surface area contributed by atoms with Gasteiger partial charge in [-0.25, -0.2) is 0 Å². The largest absolute Gasteiger partial charge is 0.394 e. The van der Waals surface area contributed by atoms with Gasteiger partial charge in [0, 0.05) is 0 Å². The van der Waals surface area contributed by atoms with E-state index in [4.69, 9.17) is 19.3 Å². The molecular weight excluding hydrogens is 348 g/mol. The first-order valence-electron chi connectivity index (χ1n) is 7.67. The van der Waals surface area contributed by atoms with Crippen molar-refractivity contribution in [1.82, 2.24) is 0 Å². The second-order valence-electron chi connectivity index (χ2n) is 6.02. The summed E-state index contributed by atoms with van der Waals surface area (Å²) in [7, 11) is 0. The van der Waals surface area contributed by atoms with Gasteiger partial charge in [0.1, 0.15) is 54.9 Å². The first-order chi connectivity index (χ1) is 11.7. The standard InChI is InChI=1S/C13H24O12/c14-1-3(16)10-6(18)5(17)9(21)13(24-10)25-11-4(2-15)23-12(22)8(20)7(11)19/h3-22H,1-2H2/t3-,4-,5+,6+,7-,8+,9+,10-,11-,12+,13+/m1/s1. The maximum absolute atomic E-state index is 10.0. The lowest BCUT2D eigenvalue weighted by atomic mass is 9.95. The predicted molar refractivity (Wildman–Crippen MR) is 74.6 cm³/mol. The van der Waals surface area contributed by atoms with Crippen molar-refractivity contribution in [3.05, 3.63) is 0 Å². The highest BCUT2D eigenvalue weighted by Crippen LogP contribution is 2.29. The first kappa shape index (κ1) is 20.8. The molecule has 0 unspecified atom stereocenters. The lowest BCUT2D eigenvalue weighted by Crippen LogP contribution is -2.65. The van der Waals surface area contributed by atoms with Crippen molar-refractivity contribution in [2.45, 2.75) is 67.5 Å². The fourth-order valence-corrected chi connectivity index (χ4v) is 2.80. The van der Waals surface area contributed by atoms with Gasteiger partial charge in [-0.05, 0) is 0 Å². The third-order valence-electron chi connectivity index (χ3n) is 4.30. The molecule has 2 aliphatic rings. The van der Waals surface area contributed by atoms with Crippen molar-refractivity contribution in [2.75, 3.05) is 13.2 Å². The molecule has 2 rings (SSSR count). The number of ether oxygens (including phenoxy) is 3. The maximum atomic E-state index is 10.0. The molecule has 0 aliphatic carbocycles. The van der Waals surface area contributed by atoms with Crippen LogP contribution in [0.3, 0.4) is 0 Å². The van der Waals surface area contributed by atoms with Crippen molar-refractivity contribution in [1.29, 1.82) is 0 Å². The minimum absolute atomic E-state index is 0.720. The molecule has 2 fully saturated rings. The molecule has 25 heavy (non-hydrogen) atoms. The van der Waals surface area contributed by atoms with Crippen LogP contribution in [0.2, 0.25) is 0 Å². The highest BCUT2D eigenvalue weighted by Gasteiger charge is 2.51. The normalized spacial score (nSPS) is 49.8. The van der Waals surface area contributed by atoms with Crippen LogP contribution in [0.25, 0.3) is 0 Å². The molecule has 2 saturated heterocycles. The van der Waals surface area contributed by atoms with Gasteiger partial charge in [-0.2, -0.15) is 0 Å². The van der Waals surface area contributed by atoms with Gasteiger partial charge in [0.15, 0.2) is 12.6 Å². The zero-order chi connectivity index (χ0) is 18.9. The molecule has 2 heterocycles. The number of hydrogen-bond donors (Lipinski definition) is 9. The van der Waals surface area contributed by atoms with E-state index in [1.807, 2.05) is 0 Å². The van der Waals surface area contributed by atoms with Crippen LogP contribution in [0, 0.1) is 0 Å². The molecule has 0 spiro atoms. The topological polar surface area (TPSA) is 210 Å². The molecule has 12 nitrogen and oxygen atoms in total. The number of rotatable bonds is 5. The average molecular weight is 372 g/mol. The van der Waals surface area contributed by atoms with E-state index in [1.165, 1.54) is 0 Å². The minimum Gasteiger partial charge on any atom is -0.394 e. The summed E-state index contributed by atoms with van der Waals surface area (Å²) in [5.41, 5.74) is 0. The molecule has 0 aromatic carbocycles. The zero-order valence-electron chi connectivity index (χ0n) is 13.0. The van der Waals surface area contributed by atoms with Crippen molar-refractivity contribution in [2.24, 2.45) is 0 Å². The summed E-state index contributed by atoms with van der Waals surface area (Å²) in [4.78, 5) is 0. The Morgan fingerprint density at radius 3 is 2.00 bits per heavy atom. The third kappa shape index (κ3) is 4.10. The quantitative estimate of drug-likeness (QED) is 0.221. The van der Waals surface area contributed by atoms with E-state index in [-0.39, 0.29) is 0 Å². The molecule has 0 aromatic rings. The SMILES string of the molecule is OC[C@@H](O)[C@H]1O[C@@H](O[C@H]2[C@H](O)[C@H](O)[C@@H](O)O[C@@H]2CO)[C@@H](O)[C@@H](O)[C@@H]1O. The van der Waals surface area contributed by atoms with Crippen LogP contribution in [0.1, 0.15) is 0 Å². The van der Waals surface area contributed by atoms with E-state index < -0.39 is 80.7 Å². The van der Waals surface area contributed by atoms with Crippen LogP contribution in [0.4, 0.5) is 0 Å². The summed E-state index contributed by atoms with van der Waals surface area (Å²) in [5, 5.41) is 86.6. The van der Waals surface area contributed by atoms with Gasteiger partial charge in [0.2, 0.25) is 0 Å². The number of aliphatic hydroxyl groups excluding tert-OH is 9. The molecule has 9 N–H and O–H groups in total. The van der Waals surface area contributed by atoms with Crippen molar-refractivity contribution >= 4 is 0 Å². The molecule has 12 heteroatoms. The van der Waals surface area contributed by atoms with E-state index in [0.29, 0.717) is 0 Å². The summed E-state index contributed by atoms with van der Waals surface area (Å²) in [5.74, 6) is 0. The summed E-state index contributed by atoms with van der Waals surface area (Å²) in [6, 6.07) is 0. The monoisotopic (exact) mass is 372 g/mol. The fourth-order valence-electron chi connectivity index (χ4n) is 2.80. The van der Waals surface area contributed by atoms with Crippen molar-refractivity contribution < 1.29 is 60.2 Å². The Morgan fingerprint density at radius 2 is 1.44 bits per heavy atom. The molecule has 2 aliphatic heterocycles. The second-order valence-corrected chi connectivity index (χ2v) is 6.02. The van der Waals surface area contributed by atoms with E-state index in [9.17, 15) is 40.9 Å². The van der Waals surface area contributed by atoms with Crippen LogP contribution < -0.4 is 0 Å². The molecule has 0 aromatic heterocycles. The Hall–Kier alpha value is -0.480. The molecule has 0 radical (unpaired) electrons. The van der Waals surface area contributed by atoms with Gasteiger partial charge in [-0.3, -0.25) is 0 Å². The zero-order valence-corrected chi connectivity index (χ0v) is 13.0. The van der Waals surface area contributed by atoms with Gasteiger partial charge < -0.3 is 60.2 Å². The maximum Gasteiger partial charge on any atom is 0.187 e. The van der Waals surface area contributed by atoms with Gasteiger partial charge in [0.25, 0.3) is 0 Å². The van der Waals surface area contributed by atoms with Crippen LogP contribution in [0.15, 0.2) is 0 Å². The Balaban J connectivity index is 2.15. The first-order valence-corrected chi connectivity index (χ1v) is 7.67. The van der Waals surface area contributed by atoms with E-state index in [1.54, 1.807) is 0 Å². The smallest absolute Gasteiger partial charge is 0.187 e. The Labute approximate surface area is 142 Å². The van der Waals surface area contributed by atoms with Crippen LogP contribution in [-0.2, 0) is 14.2 Å². The predicted octanol–water partition coefficient (Wildman–Crippen LogP) is -6.04. The van der Waals surface area contributed by atoms with Crippen molar-refractivity contribution in [3.8, 4) is 0 Å². The van der Waals surface area contributed by atoms with E-state index >= 15 is 0 Å². The summed E-state index contributed by atoms with van der Waals surface area (Å²) in [6.45, 7) is -1.53. The average Bonchev–Trinajstić information content (AvgIpc) is 2.61. The Bertz CT molecular complexity index is 422. The summed E-state index contributed by atoms with van der Waals surface area (Å²) in [6.07, 6.45) is -18.2. The Morgan fingerprint density at radius 1 is 0.800 bits per heavy atom. The summed E-state index contributed by atoms with van der Waals surface area (Å²) < 4.78 is 15.3. The number of aliphatic hydroxyl groups is 9. The van der Waals surface area contributed by atoms with Gasteiger partial charge in [-0.1, -0.05) is 0 Å².